The van der Waals surface area contributed by atoms with Crippen LogP contribution in [0.3, 0.4) is 0 Å². The molecule has 2 aromatic rings. The van der Waals surface area contributed by atoms with Crippen LogP contribution >= 0.6 is 28.7 Å². The average Bonchev–Trinajstić information content (AvgIpc) is 2.28. The number of thioether (sulfide) groups is 1. The molecule has 0 aliphatic carbocycles. The highest BCUT2D eigenvalue weighted by Gasteiger charge is 1.98. The molecule has 1 amide bonds. The molecule has 4 heteroatoms. The van der Waals surface area contributed by atoms with Crippen molar-refractivity contribution in [2.24, 2.45) is 5.73 Å². The third-order valence-electron chi connectivity index (χ3n) is 2.33. The summed E-state index contributed by atoms with van der Waals surface area (Å²) in [5, 5.41) is 2.48. The molecule has 0 spiro atoms. The molecule has 17 heavy (non-hydrogen) atoms. The van der Waals surface area contributed by atoms with Crippen molar-refractivity contribution in [3.63, 3.8) is 0 Å². The molecule has 0 fully saturated rings. The first-order valence-corrected chi connectivity index (χ1v) is 6.25. The minimum atomic E-state index is -0.259. The lowest BCUT2D eigenvalue weighted by Gasteiger charge is -2.02. The molecule has 90 valence electrons. The number of carbonyl (C=O) groups is 1. The van der Waals surface area contributed by atoms with Crippen molar-refractivity contribution in [1.29, 1.82) is 0 Å². The lowest BCUT2D eigenvalue weighted by molar-refractivity contribution is -0.115. The molecule has 2 rings (SSSR count). The van der Waals surface area contributed by atoms with E-state index in [1.165, 1.54) is 16.3 Å². The van der Waals surface area contributed by atoms with E-state index in [2.05, 4.69) is 30.3 Å². The maximum atomic E-state index is 10.6. The zero-order valence-electron chi connectivity index (χ0n) is 9.26. The number of hydrogen-bond acceptors (Lipinski definition) is 2. The van der Waals surface area contributed by atoms with E-state index in [4.69, 9.17) is 5.73 Å². The number of carbonyl (C=O) groups excluding carboxylic acids is 1. The van der Waals surface area contributed by atoms with Crippen LogP contribution in [0.2, 0.25) is 0 Å². The minimum absolute atomic E-state index is 0. The summed E-state index contributed by atoms with van der Waals surface area (Å²) in [6.45, 7) is 0. The molecule has 0 saturated carbocycles. The van der Waals surface area contributed by atoms with Crippen LogP contribution in [0.1, 0.15) is 5.56 Å². The van der Waals surface area contributed by atoms with Gasteiger partial charge in [0, 0.05) is 5.75 Å². The number of amides is 1. The zero-order valence-corrected chi connectivity index (χ0v) is 11.8. The molecule has 0 aromatic heterocycles. The number of rotatable bonds is 4. The predicted molar refractivity (Wildman–Crippen MR) is 79.6 cm³/mol. The first-order chi connectivity index (χ1) is 7.75. The van der Waals surface area contributed by atoms with Crippen LogP contribution in [0.15, 0.2) is 42.5 Å². The fourth-order valence-electron chi connectivity index (χ4n) is 1.60. The zero-order chi connectivity index (χ0) is 11.4. The van der Waals surface area contributed by atoms with E-state index in [-0.39, 0.29) is 22.9 Å². The van der Waals surface area contributed by atoms with Gasteiger partial charge in [-0.15, -0.1) is 28.7 Å². The van der Waals surface area contributed by atoms with Gasteiger partial charge in [-0.25, -0.2) is 0 Å². The Bertz CT molecular complexity index is 516. The minimum Gasteiger partial charge on any atom is -0.369 e. The Morgan fingerprint density at radius 3 is 2.53 bits per heavy atom. The van der Waals surface area contributed by atoms with Crippen LogP contribution in [0.4, 0.5) is 0 Å². The summed E-state index contributed by atoms with van der Waals surface area (Å²) in [5.74, 6) is 0.950. The van der Waals surface area contributed by atoms with Gasteiger partial charge in [0.2, 0.25) is 5.91 Å². The summed E-state index contributed by atoms with van der Waals surface area (Å²) in [6.07, 6.45) is 0. The van der Waals surface area contributed by atoms with Gasteiger partial charge in [-0.1, -0.05) is 42.5 Å². The van der Waals surface area contributed by atoms with E-state index in [1.807, 2.05) is 12.1 Å². The number of primary amides is 1. The molecule has 0 saturated heterocycles. The third kappa shape index (κ3) is 4.06. The summed E-state index contributed by atoms with van der Waals surface area (Å²) in [5.41, 5.74) is 6.31. The molecule has 0 heterocycles. The highest BCUT2D eigenvalue weighted by molar-refractivity contribution is 8.93. The Kier molecular flexibility index (Phi) is 5.51. The van der Waals surface area contributed by atoms with Crippen LogP contribution in [0.5, 0.6) is 0 Å². The molecule has 0 atom stereocenters. The lowest BCUT2D eigenvalue weighted by Crippen LogP contribution is -2.13. The van der Waals surface area contributed by atoms with Crippen LogP contribution < -0.4 is 5.73 Å². The number of benzene rings is 2. The van der Waals surface area contributed by atoms with Gasteiger partial charge in [-0.05, 0) is 16.3 Å². The van der Waals surface area contributed by atoms with Crippen molar-refractivity contribution in [3.05, 3.63) is 48.0 Å². The number of fused-ring (bicyclic) bond motifs is 1. The van der Waals surface area contributed by atoms with Crippen molar-refractivity contribution in [3.8, 4) is 0 Å². The van der Waals surface area contributed by atoms with Crippen LogP contribution in [0.25, 0.3) is 10.8 Å². The monoisotopic (exact) mass is 311 g/mol. The molecule has 0 bridgehead atoms. The molecule has 2 N–H and O–H groups in total. The first kappa shape index (κ1) is 14.1. The number of hydrogen-bond donors (Lipinski definition) is 1. The van der Waals surface area contributed by atoms with E-state index < -0.39 is 0 Å². The molecule has 2 nitrogen and oxygen atoms in total. The van der Waals surface area contributed by atoms with E-state index in [0.717, 1.165) is 5.75 Å². The summed E-state index contributed by atoms with van der Waals surface area (Å²) in [7, 11) is 0. The molecule has 0 aliphatic heterocycles. The first-order valence-electron chi connectivity index (χ1n) is 5.09. The quantitative estimate of drug-likeness (QED) is 0.942. The average molecular weight is 312 g/mol. The Labute approximate surface area is 115 Å². The maximum absolute atomic E-state index is 10.6. The van der Waals surface area contributed by atoms with E-state index in [9.17, 15) is 4.79 Å². The SMILES string of the molecule is Br.NC(=O)CSCc1ccc2ccccc2c1. The molecular formula is C13H14BrNOS. The summed E-state index contributed by atoms with van der Waals surface area (Å²) in [6, 6.07) is 14.6. The van der Waals surface area contributed by atoms with Gasteiger partial charge in [0.15, 0.2) is 0 Å². The topological polar surface area (TPSA) is 43.1 Å². The molecule has 0 radical (unpaired) electrons. The van der Waals surface area contributed by atoms with Crippen LogP contribution in [-0.2, 0) is 10.5 Å². The van der Waals surface area contributed by atoms with Crippen molar-refractivity contribution < 1.29 is 4.79 Å². The van der Waals surface area contributed by atoms with Gasteiger partial charge >= 0.3 is 0 Å². The third-order valence-corrected chi connectivity index (χ3v) is 3.35. The number of nitrogens with two attached hydrogens (primary N) is 1. The Hall–Kier alpha value is -1.00. The summed E-state index contributed by atoms with van der Waals surface area (Å²) in [4.78, 5) is 10.6. The van der Waals surface area contributed by atoms with Crippen molar-refractivity contribution in [2.75, 3.05) is 5.75 Å². The van der Waals surface area contributed by atoms with E-state index in [1.54, 1.807) is 11.8 Å². The highest BCUT2D eigenvalue weighted by Crippen LogP contribution is 2.19. The van der Waals surface area contributed by atoms with Crippen molar-refractivity contribution in [1.82, 2.24) is 0 Å². The summed E-state index contributed by atoms with van der Waals surface area (Å²) < 4.78 is 0. The second-order valence-corrected chi connectivity index (χ2v) is 4.63. The highest BCUT2D eigenvalue weighted by atomic mass is 79.9. The van der Waals surface area contributed by atoms with Gasteiger partial charge in [0.1, 0.15) is 0 Å². The lowest BCUT2D eigenvalue weighted by atomic mass is 10.1. The normalized spacial score (nSPS) is 9.88. The maximum Gasteiger partial charge on any atom is 0.227 e. The second-order valence-electron chi connectivity index (χ2n) is 3.64. The summed E-state index contributed by atoms with van der Waals surface area (Å²) >= 11 is 1.55. The van der Waals surface area contributed by atoms with Gasteiger partial charge in [0.25, 0.3) is 0 Å². The fraction of sp³-hybridized carbons (Fsp3) is 0.154. The fourth-order valence-corrected chi connectivity index (χ4v) is 2.32. The van der Waals surface area contributed by atoms with Gasteiger partial charge in [0.05, 0.1) is 5.75 Å². The van der Waals surface area contributed by atoms with Crippen molar-refractivity contribution >= 4 is 45.4 Å². The van der Waals surface area contributed by atoms with Gasteiger partial charge in [-0.3, -0.25) is 4.79 Å². The molecular weight excluding hydrogens is 298 g/mol. The molecule has 0 aliphatic rings. The Morgan fingerprint density at radius 2 is 1.82 bits per heavy atom. The van der Waals surface area contributed by atoms with Crippen molar-refractivity contribution in [2.45, 2.75) is 5.75 Å². The van der Waals surface area contributed by atoms with Gasteiger partial charge < -0.3 is 5.73 Å². The second kappa shape index (κ2) is 6.67. The molecule has 2 aromatic carbocycles. The standard InChI is InChI=1S/C13H13NOS.BrH/c14-13(15)9-16-8-10-5-6-11-3-1-2-4-12(11)7-10;/h1-7H,8-9H2,(H2,14,15);1H. The largest absolute Gasteiger partial charge is 0.369 e. The van der Waals surface area contributed by atoms with E-state index >= 15 is 0 Å². The predicted octanol–water partition coefficient (Wildman–Crippen LogP) is 3.14. The number of halogens is 1. The van der Waals surface area contributed by atoms with Crippen LogP contribution in [0, 0.1) is 0 Å². The smallest absolute Gasteiger partial charge is 0.227 e. The molecule has 0 unspecified atom stereocenters. The van der Waals surface area contributed by atoms with Gasteiger partial charge in [-0.2, -0.15) is 0 Å². The Morgan fingerprint density at radius 1 is 1.12 bits per heavy atom. The van der Waals surface area contributed by atoms with E-state index in [0.29, 0.717) is 5.75 Å². The Balaban J connectivity index is 0.00000144. The van der Waals surface area contributed by atoms with Crippen LogP contribution in [-0.4, -0.2) is 11.7 Å².